The summed E-state index contributed by atoms with van der Waals surface area (Å²) < 4.78 is 10.7. The standard InChI is InChI=1S/C30H28ClN3O5/c1-38-24-11-10-21(18-25(24)39-2)34-27(35)22-4-3-5-23(26(22)28(34)36)32-14-16-33(17-15-32)29(37)30(12-13-30)19-6-8-20(31)9-7-19/h3-11,18H,12-17H2,1-2H3. The first-order chi connectivity index (χ1) is 18.9. The fourth-order valence-corrected chi connectivity index (χ4v) is 5.83. The van der Waals surface area contributed by atoms with E-state index in [9.17, 15) is 14.4 Å². The van der Waals surface area contributed by atoms with Gasteiger partial charge in [-0.3, -0.25) is 14.4 Å². The zero-order valence-corrected chi connectivity index (χ0v) is 22.5. The first kappa shape index (κ1) is 25.2. The van der Waals surface area contributed by atoms with Gasteiger partial charge in [0.25, 0.3) is 11.8 Å². The van der Waals surface area contributed by atoms with Crippen molar-refractivity contribution < 1.29 is 23.9 Å². The van der Waals surface area contributed by atoms with Crippen LogP contribution in [0.1, 0.15) is 39.1 Å². The number of fused-ring (bicyclic) bond motifs is 1. The van der Waals surface area contributed by atoms with Crippen LogP contribution < -0.4 is 19.3 Å². The second-order valence-electron chi connectivity index (χ2n) is 10.1. The van der Waals surface area contributed by atoms with E-state index in [2.05, 4.69) is 4.90 Å². The lowest BCUT2D eigenvalue weighted by atomic mass is 9.94. The van der Waals surface area contributed by atoms with Crippen LogP contribution in [0.3, 0.4) is 0 Å². The Kier molecular flexibility index (Phi) is 6.22. The van der Waals surface area contributed by atoms with Crippen molar-refractivity contribution in [1.29, 1.82) is 0 Å². The average molecular weight is 546 g/mol. The van der Waals surface area contributed by atoms with Crippen molar-refractivity contribution >= 4 is 40.7 Å². The molecule has 1 saturated carbocycles. The topological polar surface area (TPSA) is 79.4 Å². The molecule has 3 aliphatic rings. The SMILES string of the molecule is COc1ccc(N2C(=O)c3cccc(N4CCN(C(=O)C5(c6ccc(Cl)cc6)CC5)CC4)c3C2=O)cc1OC. The minimum Gasteiger partial charge on any atom is -0.493 e. The molecule has 1 aliphatic carbocycles. The van der Waals surface area contributed by atoms with Gasteiger partial charge in [-0.2, -0.15) is 0 Å². The molecular formula is C30H28ClN3O5. The number of halogens is 1. The van der Waals surface area contributed by atoms with E-state index in [0.29, 0.717) is 65.2 Å². The van der Waals surface area contributed by atoms with Crippen LogP contribution in [0, 0.1) is 0 Å². The Bertz CT molecular complexity index is 1480. The van der Waals surface area contributed by atoms with Gasteiger partial charge in [-0.05, 0) is 54.8 Å². The Morgan fingerprint density at radius 3 is 2.18 bits per heavy atom. The number of anilines is 2. The maximum absolute atomic E-state index is 13.7. The fourth-order valence-electron chi connectivity index (χ4n) is 5.70. The van der Waals surface area contributed by atoms with Crippen LogP contribution in [-0.2, 0) is 10.2 Å². The number of imide groups is 1. The molecular weight excluding hydrogens is 518 g/mol. The monoisotopic (exact) mass is 545 g/mol. The summed E-state index contributed by atoms with van der Waals surface area (Å²) in [6.07, 6.45) is 1.67. The van der Waals surface area contributed by atoms with Crippen LogP contribution in [-0.4, -0.2) is 63.0 Å². The van der Waals surface area contributed by atoms with Crippen LogP contribution in [0.4, 0.5) is 11.4 Å². The number of carbonyl (C=O) groups excluding carboxylic acids is 3. The summed E-state index contributed by atoms with van der Waals surface area (Å²) >= 11 is 6.05. The number of hydrogen-bond donors (Lipinski definition) is 0. The van der Waals surface area contributed by atoms with Gasteiger partial charge in [0.15, 0.2) is 11.5 Å². The van der Waals surface area contributed by atoms with Crippen molar-refractivity contribution in [3.8, 4) is 11.5 Å². The largest absolute Gasteiger partial charge is 0.493 e. The molecule has 0 spiro atoms. The Labute approximate surface area is 231 Å². The summed E-state index contributed by atoms with van der Waals surface area (Å²) in [5.41, 5.74) is 2.43. The molecule has 0 bridgehead atoms. The first-order valence-electron chi connectivity index (χ1n) is 12.9. The third kappa shape index (κ3) is 4.10. The van der Waals surface area contributed by atoms with Gasteiger partial charge < -0.3 is 19.3 Å². The number of hydrogen-bond acceptors (Lipinski definition) is 6. The summed E-state index contributed by atoms with van der Waals surface area (Å²) in [5, 5.41) is 0.656. The number of methoxy groups -OCH3 is 2. The van der Waals surface area contributed by atoms with Gasteiger partial charge in [-0.15, -0.1) is 0 Å². The number of rotatable bonds is 6. The Morgan fingerprint density at radius 2 is 1.54 bits per heavy atom. The van der Waals surface area contributed by atoms with E-state index in [1.54, 1.807) is 30.3 Å². The number of amides is 3. The third-order valence-corrected chi connectivity index (χ3v) is 8.23. The van der Waals surface area contributed by atoms with Crippen molar-refractivity contribution in [3.63, 3.8) is 0 Å². The molecule has 2 heterocycles. The highest BCUT2D eigenvalue weighted by atomic mass is 35.5. The number of piperazine rings is 1. The molecule has 200 valence electrons. The van der Waals surface area contributed by atoms with Gasteiger partial charge >= 0.3 is 0 Å². The summed E-state index contributed by atoms with van der Waals surface area (Å²) in [6.45, 7) is 2.21. The molecule has 9 heteroatoms. The molecule has 0 aromatic heterocycles. The Morgan fingerprint density at radius 1 is 0.846 bits per heavy atom. The number of nitrogens with zero attached hydrogens (tertiary/aromatic N) is 3. The predicted octanol–water partition coefficient (Wildman–Crippen LogP) is 4.54. The molecule has 0 unspecified atom stereocenters. The van der Waals surface area contributed by atoms with E-state index < -0.39 is 5.41 Å². The molecule has 8 nitrogen and oxygen atoms in total. The number of carbonyl (C=O) groups is 3. The summed E-state index contributed by atoms with van der Waals surface area (Å²) in [5.74, 6) is 0.329. The maximum atomic E-state index is 13.7. The van der Waals surface area contributed by atoms with Gasteiger partial charge in [0.1, 0.15) is 0 Å². The number of ether oxygens (including phenoxy) is 2. The number of benzene rings is 3. The quantitative estimate of drug-likeness (QED) is 0.423. The van der Waals surface area contributed by atoms with Crippen molar-refractivity contribution in [1.82, 2.24) is 4.90 Å². The van der Waals surface area contributed by atoms with Crippen LogP contribution in [0.2, 0.25) is 5.02 Å². The molecule has 3 amide bonds. The zero-order valence-electron chi connectivity index (χ0n) is 21.8. The van der Waals surface area contributed by atoms with Gasteiger partial charge in [0, 0.05) is 37.3 Å². The second kappa shape index (κ2) is 9.61. The third-order valence-electron chi connectivity index (χ3n) is 7.98. The molecule has 3 aromatic rings. The van der Waals surface area contributed by atoms with Gasteiger partial charge in [-0.25, -0.2) is 4.90 Å². The molecule has 0 radical (unpaired) electrons. The molecule has 2 aliphatic heterocycles. The lowest BCUT2D eigenvalue weighted by molar-refractivity contribution is -0.134. The summed E-state index contributed by atoms with van der Waals surface area (Å²) in [6, 6.07) is 17.9. The summed E-state index contributed by atoms with van der Waals surface area (Å²) in [4.78, 5) is 45.7. The summed E-state index contributed by atoms with van der Waals surface area (Å²) in [7, 11) is 3.04. The molecule has 1 saturated heterocycles. The van der Waals surface area contributed by atoms with E-state index in [-0.39, 0.29) is 17.7 Å². The normalized spacial score (nSPS) is 17.8. The fraction of sp³-hybridized carbons (Fsp3) is 0.300. The highest BCUT2D eigenvalue weighted by Gasteiger charge is 2.53. The van der Waals surface area contributed by atoms with E-state index in [1.165, 1.54) is 19.1 Å². The van der Waals surface area contributed by atoms with Gasteiger partial charge in [-0.1, -0.05) is 29.8 Å². The Balaban J connectivity index is 1.21. The Hall–Kier alpha value is -4.04. The van der Waals surface area contributed by atoms with Crippen molar-refractivity contribution in [3.05, 3.63) is 82.4 Å². The van der Waals surface area contributed by atoms with Gasteiger partial charge in [0.05, 0.1) is 42.1 Å². The molecule has 0 atom stereocenters. The van der Waals surface area contributed by atoms with Crippen LogP contribution in [0.25, 0.3) is 0 Å². The van der Waals surface area contributed by atoms with Crippen molar-refractivity contribution in [2.45, 2.75) is 18.3 Å². The smallest absolute Gasteiger partial charge is 0.268 e. The highest BCUT2D eigenvalue weighted by Crippen LogP contribution is 2.50. The van der Waals surface area contributed by atoms with E-state index in [4.69, 9.17) is 21.1 Å². The van der Waals surface area contributed by atoms with E-state index in [1.807, 2.05) is 35.2 Å². The lowest BCUT2D eigenvalue weighted by Crippen LogP contribution is -2.52. The second-order valence-corrected chi connectivity index (χ2v) is 10.5. The molecule has 0 N–H and O–H groups in total. The van der Waals surface area contributed by atoms with Crippen LogP contribution >= 0.6 is 11.6 Å². The zero-order chi connectivity index (χ0) is 27.3. The van der Waals surface area contributed by atoms with Crippen molar-refractivity contribution in [2.24, 2.45) is 0 Å². The van der Waals surface area contributed by atoms with Gasteiger partial charge in [0.2, 0.25) is 5.91 Å². The van der Waals surface area contributed by atoms with E-state index in [0.717, 1.165) is 18.4 Å². The minimum atomic E-state index is -0.455. The molecule has 3 aromatic carbocycles. The van der Waals surface area contributed by atoms with Crippen LogP contribution in [0.5, 0.6) is 11.5 Å². The highest BCUT2D eigenvalue weighted by molar-refractivity contribution is 6.36. The van der Waals surface area contributed by atoms with Crippen molar-refractivity contribution in [2.75, 3.05) is 50.2 Å². The molecule has 6 rings (SSSR count). The average Bonchev–Trinajstić information content (AvgIpc) is 3.74. The molecule has 39 heavy (non-hydrogen) atoms. The predicted molar refractivity (Wildman–Crippen MR) is 148 cm³/mol. The lowest BCUT2D eigenvalue weighted by Gasteiger charge is -2.38. The van der Waals surface area contributed by atoms with Crippen LogP contribution in [0.15, 0.2) is 60.7 Å². The first-order valence-corrected chi connectivity index (χ1v) is 13.3. The van der Waals surface area contributed by atoms with E-state index >= 15 is 0 Å². The minimum absolute atomic E-state index is 0.147. The maximum Gasteiger partial charge on any atom is 0.268 e. The molecule has 2 fully saturated rings.